The summed E-state index contributed by atoms with van der Waals surface area (Å²) in [4.78, 5) is 4.34. The molecule has 1 heterocycles. The molecule has 2 nitrogen and oxygen atoms in total. The molecule has 86 valence electrons. The Bertz CT molecular complexity index is 197. The van der Waals surface area contributed by atoms with Crippen LogP contribution in [0.1, 0.15) is 51.9 Å². The van der Waals surface area contributed by atoms with Crippen LogP contribution >= 0.6 is 0 Å². The van der Waals surface area contributed by atoms with Crippen molar-refractivity contribution in [2.75, 3.05) is 6.54 Å². The molecule has 1 aliphatic rings. The maximum absolute atomic E-state index is 4.34. The van der Waals surface area contributed by atoms with E-state index in [9.17, 15) is 0 Å². The van der Waals surface area contributed by atoms with Crippen LogP contribution < -0.4 is 5.32 Å². The molecule has 1 N–H and O–H groups in total. The van der Waals surface area contributed by atoms with Crippen LogP contribution in [0.4, 0.5) is 0 Å². The second-order valence-corrected chi connectivity index (χ2v) is 4.15. The average molecular weight is 208 g/mol. The van der Waals surface area contributed by atoms with E-state index < -0.39 is 0 Å². The molecule has 2 heteroatoms. The van der Waals surface area contributed by atoms with Crippen molar-refractivity contribution in [1.29, 1.82) is 0 Å². The Morgan fingerprint density at radius 2 is 2.07 bits per heavy atom. The Morgan fingerprint density at radius 3 is 2.73 bits per heavy atom. The number of hydrogen-bond acceptors (Lipinski definition) is 2. The summed E-state index contributed by atoms with van der Waals surface area (Å²) in [5.41, 5.74) is 0. The fourth-order valence-corrected chi connectivity index (χ4v) is 1.76. The van der Waals surface area contributed by atoms with Gasteiger partial charge < -0.3 is 0 Å². The van der Waals surface area contributed by atoms with E-state index in [-0.39, 0.29) is 0 Å². The molecule has 0 aromatic carbocycles. The van der Waals surface area contributed by atoms with Gasteiger partial charge in [0.2, 0.25) is 0 Å². The van der Waals surface area contributed by atoms with E-state index in [1.807, 2.05) is 6.21 Å². The minimum atomic E-state index is 0.411. The third kappa shape index (κ3) is 6.45. The van der Waals surface area contributed by atoms with Crippen LogP contribution in [0.25, 0.3) is 0 Å². The largest absolute Gasteiger partial charge is 0.291 e. The highest BCUT2D eigenvalue weighted by atomic mass is 15.1. The van der Waals surface area contributed by atoms with Crippen molar-refractivity contribution in [3.8, 4) is 0 Å². The van der Waals surface area contributed by atoms with Crippen molar-refractivity contribution in [3.05, 3.63) is 12.2 Å². The van der Waals surface area contributed by atoms with E-state index in [2.05, 4.69) is 29.4 Å². The molecule has 0 amide bonds. The van der Waals surface area contributed by atoms with Crippen LogP contribution in [0.5, 0.6) is 0 Å². The molecule has 15 heavy (non-hydrogen) atoms. The second kappa shape index (κ2) is 8.66. The minimum Gasteiger partial charge on any atom is -0.291 e. The van der Waals surface area contributed by atoms with E-state index in [1.165, 1.54) is 44.9 Å². The first-order valence-electron chi connectivity index (χ1n) is 6.33. The van der Waals surface area contributed by atoms with Gasteiger partial charge in [-0.3, -0.25) is 10.3 Å². The van der Waals surface area contributed by atoms with Crippen molar-refractivity contribution in [2.24, 2.45) is 4.99 Å². The molecule has 0 spiro atoms. The van der Waals surface area contributed by atoms with Gasteiger partial charge >= 0.3 is 0 Å². The zero-order chi connectivity index (χ0) is 10.8. The Hall–Kier alpha value is -0.630. The molecule has 0 bridgehead atoms. The number of allylic oxidation sites excluding steroid dienone is 2. The molecule has 1 aliphatic heterocycles. The first kappa shape index (κ1) is 12.4. The molecule has 1 unspecified atom stereocenters. The number of hydrogen-bond donors (Lipinski definition) is 1. The van der Waals surface area contributed by atoms with Crippen LogP contribution in [0.2, 0.25) is 0 Å². The first-order valence-corrected chi connectivity index (χ1v) is 6.33. The maximum Gasteiger partial charge on any atom is 0.0993 e. The third-order valence-electron chi connectivity index (χ3n) is 2.72. The zero-order valence-electron chi connectivity index (χ0n) is 9.91. The quantitative estimate of drug-likeness (QED) is 0.480. The maximum atomic E-state index is 4.34. The van der Waals surface area contributed by atoms with Crippen LogP contribution in [0.3, 0.4) is 0 Å². The van der Waals surface area contributed by atoms with Crippen molar-refractivity contribution in [3.63, 3.8) is 0 Å². The minimum absolute atomic E-state index is 0.411. The molecule has 0 saturated carbocycles. The molecule has 1 atom stereocenters. The number of rotatable bonds is 8. The smallest absolute Gasteiger partial charge is 0.0993 e. The molecular formula is C13H24N2. The molecule has 0 aromatic heterocycles. The fourth-order valence-electron chi connectivity index (χ4n) is 1.76. The lowest BCUT2D eigenvalue weighted by Gasteiger charge is -2.06. The van der Waals surface area contributed by atoms with Gasteiger partial charge in [-0.25, -0.2) is 0 Å². The highest BCUT2D eigenvalue weighted by Gasteiger charge is 2.07. The summed E-state index contributed by atoms with van der Waals surface area (Å²) in [6.07, 6.45) is 16.0. The summed E-state index contributed by atoms with van der Waals surface area (Å²) >= 11 is 0. The summed E-state index contributed by atoms with van der Waals surface area (Å²) < 4.78 is 0. The lowest BCUT2D eigenvalue weighted by Crippen LogP contribution is -2.21. The van der Waals surface area contributed by atoms with Gasteiger partial charge in [0.15, 0.2) is 0 Å². The van der Waals surface area contributed by atoms with E-state index in [0.29, 0.717) is 6.17 Å². The average Bonchev–Trinajstić information content (AvgIpc) is 2.75. The SMILES string of the molecule is CCCC/C=C/CCCCC1N=CCN1. The molecule has 1 rings (SSSR count). The van der Waals surface area contributed by atoms with Crippen LogP contribution in [-0.4, -0.2) is 18.9 Å². The van der Waals surface area contributed by atoms with Gasteiger partial charge in [-0.2, -0.15) is 0 Å². The molecule has 0 radical (unpaired) electrons. The first-order chi connectivity index (χ1) is 7.43. The predicted molar refractivity (Wildman–Crippen MR) is 67.4 cm³/mol. The lowest BCUT2D eigenvalue weighted by atomic mass is 10.1. The Morgan fingerprint density at radius 1 is 1.27 bits per heavy atom. The number of nitrogens with zero attached hydrogens (tertiary/aromatic N) is 1. The van der Waals surface area contributed by atoms with Crippen LogP contribution in [0, 0.1) is 0 Å². The van der Waals surface area contributed by atoms with Gasteiger partial charge in [0.05, 0.1) is 6.17 Å². The highest BCUT2D eigenvalue weighted by molar-refractivity contribution is 5.61. The molecule has 0 aromatic rings. The zero-order valence-corrected chi connectivity index (χ0v) is 9.91. The van der Waals surface area contributed by atoms with Gasteiger partial charge in [-0.15, -0.1) is 0 Å². The summed E-state index contributed by atoms with van der Waals surface area (Å²) in [6.45, 7) is 3.20. The Labute approximate surface area is 93.9 Å². The normalized spacial score (nSPS) is 20.5. The monoisotopic (exact) mass is 208 g/mol. The highest BCUT2D eigenvalue weighted by Crippen LogP contribution is 2.07. The van der Waals surface area contributed by atoms with E-state index in [4.69, 9.17) is 0 Å². The predicted octanol–water partition coefficient (Wildman–Crippen LogP) is 3.29. The van der Waals surface area contributed by atoms with Gasteiger partial charge in [0.1, 0.15) is 0 Å². The van der Waals surface area contributed by atoms with Gasteiger partial charge in [0, 0.05) is 12.8 Å². The molecule has 0 fully saturated rings. The molecule has 0 aliphatic carbocycles. The number of aliphatic imine (C=N–C) groups is 1. The van der Waals surface area contributed by atoms with Crippen molar-refractivity contribution in [1.82, 2.24) is 5.32 Å². The van der Waals surface area contributed by atoms with Crippen LogP contribution in [-0.2, 0) is 0 Å². The summed E-state index contributed by atoms with van der Waals surface area (Å²) in [7, 11) is 0. The molecule has 0 saturated heterocycles. The summed E-state index contributed by atoms with van der Waals surface area (Å²) in [5.74, 6) is 0. The summed E-state index contributed by atoms with van der Waals surface area (Å²) in [5, 5.41) is 3.34. The van der Waals surface area contributed by atoms with Gasteiger partial charge in [-0.1, -0.05) is 31.9 Å². The Kier molecular flexibility index (Phi) is 7.18. The van der Waals surface area contributed by atoms with E-state index >= 15 is 0 Å². The number of nitrogens with one attached hydrogen (secondary N) is 1. The summed E-state index contributed by atoms with van der Waals surface area (Å²) in [6, 6.07) is 0. The molecular weight excluding hydrogens is 184 g/mol. The second-order valence-electron chi connectivity index (χ2n) is 4.15. The fraction of sp³-hybridized carbons (Fsp3) is 0.769. The van der Waals surface area contributed by atoms with Crippen molar-refractivity contribution < 1.29 is 0 Å². The topological polar surface area (TPSA) is 24.4 Å². The van der Waals surface area contributed by atoms with Crippen molar-refractivity contribution in [2.45, 2.75) is 58.0 Å². The Balaban J connectivity index is 1.84. The lowest BCUT2D eigenvalue weighted by molar-refractivity contribution is 0.524. The third-order valence-corrected chi connectivity index (χ3v) is 2.72. The van der Waals surface area contributed by atoms with E-state index in [1.54, 1.807) is 0 Å². The van der Waals surface area contributed by atoms with E-state index in [0.717, 1.165) is 6.54 Å². The number of unbranched alkanes of at least 4 members (excludes halogenated alkanes) is 4. The van der Waals surface area contributed by atoms with Gasteiger partial charge in [-0.05, 0) is 32.1 Å². The van der Waals surface area contributed by atoms with Crippen molar-refractivity contribution >= 4 is 6.21 Å². The van der Waals surface area contributed by atoms with Gasteiger partial charge in [0.25, 0.3) is 0 Å². The standard InChI is InChI=1S/C13H24N2/c1-2-3-4-5-6-7-8-9-10-13-14-11-12-15-13/h5-6,11,13,15H,2-4,7-10,12H2,1H3/b6-5+. The van der Waals surface area contributed by atoms with Crippen LogP contribution in [0.15, 0.2) is 17.1 Å².